The van der Waals surface area contributed by atoms with Crippen LogP contribution in [0.1, 0.15) is 60.9 Å². The van der Waals surface area contributed by atoms with E-state index in [1.807, 2.05) is 11.0 Å². The Bertz CT molecular complexity index is 676. The molecule has 1 saturated heterocycles. The highest BCUT2D eigenvalue weighted by molar-refractivity contribution is 5.95. The van der Waals surface area contributed by atoms with Gasteiger partial charge >= 0.3 is 0 Å². The van der Waals surface area contributed by atoms with Crippen molar-refractivity contribution in [3.63, 3.8) is 0 Å². The third kappa shape index (κ3) is 3.59. The Morgan fingerprint density at radius 1 is 1.22 bits per heavy atom. The van der Waals surface area contributed by atoms with Crippen molar-refractivity contribution in [2.24, 2.45) is 0 Å². The lowest BCUT2D eigenvalue weighted by atomic mass is 9.70. The first kappa shape index (κ1) is 18.8. The van der Waals surface area contributed by atoms with Crippen LogP contribution in [0.4, 0.5) is 5.69 Å². The van der Waals surface area contributed by atoms with Gasteiger partial charge in [0.1, 0.15) is 0 Å². The van der Waals surface area contributed by atoms with Gasteiger partial charge in [0.2, 0.25) is 0 Å². The Balaban J connectivity index is 1.62. The van der Waals surface area contributed by atoms with Crippen molar-refractivity contribution in [1.29, 1.82) is 0 Å². The van der Waals surface area contributed by atoms with E-state index in [1.165, 1.54) is 43.4 Å². The number of nitrogens with zero attached hydrogens (tertiary/aromatic N) is 2. The highest BCUT2D eigenvalue weighted by Gasteiger charge is 2.43. The summed E-state index contributed by atoms with van der Waals surface area (Å²) >= 11 is 0. The molecule has 2 aliphatic heterocycles. The molecule has 1 aromatic carbocycles. The zero-order valence-electron chi connectivity index (χ0n) is 16.5. The van der Waals surface area contributed by atoms with Crippen molar-refractivity contribution >= 4 is 11.6 Å². The molecule has 5 nitrogen and oxygen atoms in total. The fourth-order valence-electron chi connectivity index (χ4n) is 5.21. The summed E-state index contributed by atoms with van der Waals surface area (Å²) in [6.07, 6.45) is 7.43. The SMILES string of the molecule is COCCN1CC2(CCCCC2)c2cc(C(=O)N3CCC(O)CC3)ccc21. The van der Waals surface area contributed by atoms with Crippen LogP contribution < -0.4 is 4.90 Å². The summed E-state index contributed by atoms with van der Waals surface area (Å²) in [6, 6.07) is 6.33. The molecule has 1 aliphatic carbocycles. The van der Waals surface area contributed by atoms with Crippen LogP contribution in [-0.2, 0) is 10.2 Å². The van der Waals surface area contributed by atoms with Crippen LogP contribution in [0, 0.1) is 0 Å². The number of likely N-dealkylation sites (tertiary alicyclic amines) is 1. The summed E-state index contributed by atoms with van der Waals surface area (Å²) in [7, 11) is 1.75. The van der Waals surface area contributed by atoms with E-state index < -0.39 is 0 Å². The molecule has 0 bridgehead atoms. The number of anilines is 1. The first-order valence-corrected chi connectivity index (χ1v) is 10.5. The Hall–Kier alpha value is -1.59. The summed E-state index contributed by atoms with van der Waals surface area (Å²) in [5, 5.41) is 9.72. The number of benzene rings is 1. The topological polar surface area (TPSA) is 53.0 Å². The largest absolute Gasteiger partial charge is 0.393 e. The number of carbonyl (C=O) groups is 1. The minimum absolute atomic E-state index is 0.117. The maximum absolute atomic E-state index is 13.0. The van der Waals surface area contributed by atoms with Gasteiger partial charge in [-0.3, -0.25) is 4.79 Å². The highest BCUT2D eigenvalue weighted by atomic mass is 16.5. The first-order chi connectivity index (χ1) is 13.1. The van der Waals surface area contributed by atoms with Crippen LogP contribution in [0.3, 0.4) is 0 Å². The Kier molecular flexibility index (Phi) is 5.42. The van der Waals surface area contributed by atoms with Gasteiger partial charge in [0.05, 0.1) is 12.7 Å². The van der Waals surface area contributed by atoms with E-state index in [-0.39, 0.29) is 17.4 Å². The van der Waals surface area contributed by atoms with Gasteiger partial charge in [-0.05, 0) is 49.4 Å². The number of rotatable bonds is 4. The standard InChI is InChI=1S/C22H32N2O3/c1-27-14-13-24-16-22(9-3-2-4-10-22)19-15-17(5-6-20(19)24)21(26)23-11-7-18(25)8-12-23/h5-6,15,18,25H,2-4,7-14,16H2,1H3. The van der Waals surface area contributed by atoms with E-state index >= 15 is 0 Å². The van der Waals surface area contributed by atoms with Gasteiger partial charge in [-0.1, -0.05) is 19.3 Å². The summed E-state index contributed by atoms with van der Waals surface area (Å²) in [6.45, 7) is 4.00. The zero-order valence-corrected chi connectivity index (χ0v) is 16.5. The van der Waals surface area contributed by atoms with Gasteiger partial charge in [0.25, 0.3) is 5.91 Å². The number of methoxy groups -OCH3 is 1. The van der Waals surface area contributed by atoms with Crippen molar-refractivity contribution in [3.05, 3.63) is 29.3 Å². The normalized spacial score (nSPS) is 22.3. The predicted octanol–water partition coefficient (Wildman–Crippen LogP) is 2.95. The van der Waals surface area contributed by atoms with Crippen LogP contribution in [0.5, 0.6) is 0 Å². The van der Waals surface area contributed by atoms with Crippen LogP contribution in [-0.4, -0.2) is 61.9 Å². The molecule has 1 saturated carbocycles. The molecule has 3 aliphatic rings. The van der Waals surface area contributed by atoms with Gasteiger partial charge in [-0.2, -0.15) is 0 Å². The third-order valence-electron chi connectivity index (χ3n) is 6.78. The predicted molar refractivity (Wildman–Crippen MR) is 106 cm³/mol. The monoisotopic (exact) mass is 372 g/mol. The molecule has 0 aromatic heterocycles. The minimum Gasteiger partial charge on any atom is -0.393 e. The number of aliphatic hydroxyl groups is 1. The maximum Gasteiger partial charge on any atom is 0.253 e. The summed E-state index contributed by atoms with van der Waals surface area (Å²) in [4.78, 5) is 17.4. The average Bonchev–Trinajstić information content (AvgIpc) is 2.99. The molecule has 4 rings (SSSR count). The van der Waals surface area contributed by atoms with Crippen LogP contribution in [0.15, 0.2) is 18.2 Å². The fraction of sp³-hybridized carbons (Fsp3) is 0.682. The zero-order chi connectivity index (χ0) is 18.9. The molecular formula is C22H32N2O3. The highest BCUT2D eigenvalue weighted by Crippen LogP contribution is 2.49. The van der Waals surface area contributed by atoms with E-state index in [4.69, 9.17) is 4.74 Å². The third-order valence-corrected chi connectivity index (χ3v) is 6.78. The maximum atomic E-state index is 13.0. The average molecular weight is 373 g/mol. The van der Waals surface area contributed by atoms with Crippen molar-refractivity contribution in [3.8, 4) is 0 Å². The van der Waals surface area contributed by atoms with Gasteiger partial charge < -0.3 is 19.6 Å². The van der Waals surface area contributed by atoms with Crippen LogP contribution in [0.25, 0.3) is 0 Å². The fourth-order valence-corrected chi connectivity index (χ4v) is 5.21. The molecule has 1 spiro atoms. The lowest BCUT2D eigenvalue weighted by Crippen LogP contribution is -2.40. The number of hydrogen-bond donors (Lipinski definition) is 1. The van der Waals surface area contributed by atoms with E-state index in [9.17, 15) is 9.90 Å². The van der Waals surface area contributed by atoms with Crippen molar-refractivity contribution in [2.75, 3.05) is 44.8 Å². The quantitative estimate of drug-likeness (QED) is 0.883. The number of carbonyl (C=O) groups excluding carboxylic acids is 1. The summed E-state index contributed by atoms with van der Waals surface area (Å²) < 4.78 is 5.32. The lowest BCUT2D eigenvalue weighted by molar-refractivity contribution is 0.0546. The van der Waals surface area contributed by atoms with Gasteiger partial charge in [0.15, 0.2) is 0 Å². The molecule has 27 heavy (non-hydrogen) atoms. The van der Waals surface area contributed by atoms with Crippen molar-refractivity contribution in [2.45, 2.75) is 56.5 Å². The lowest BCUT2D eigenvalue weighted by Gasteiger charge is -2.35. The molecule has 1 aromatic rings. The Labute approximate surface area is 162 Å². The second kappa shape index (κ2) is 7.80. The number of ether oxygens (including phenoxy) is 1. The van der Waals surface area contributed by atoms with E-state index in [1.54, 1.807) is 7.11 Å². The Morgan fingerprint density at radius 3 is 2.67 bits per heavy atom. The smallest absolute Gasteiger partial charge is 0.253 e. The van der Waals surface area contributed by atoms with Gasteiger partial charge in [0, 0.05) is 50.0 Å². The molecule has 1 N–H and O–H groups in total. The van der Waals surface area contributed by atoms with E-state index in [2.05, 4.69) is 17.0 Å². The van der Waals surface area contributed by atoms with Crippen molar-refractivity contribution < 1.29 is 14.6 Å². The number of hydrogen-bond acceptors (Lipinski definition) is 4. The molecular weight excluding hydrogens is 340 g/mol. The van der Waals surface area contributed by atoms with Crippen molar-refractivity contribution in [1.82, 2.24) is 4.90 Å². The second-order valence-corrected chi connectivity index (χ2v) is 8.51. The number of piperidine rings is 1. The molecule has 2 heterocycles. The van der Waals surface area contributed by atoms with Crippen LogP contribution >= 0.6 is 0 Å². The summed E-state index contributed by atoms with van der Waals surface area (Å²) in [5.74, 6) is 0.117. The minimum atomic E-state index is -0.256. The van der Waals surface area contributed by atoms with Gasteiger partial charge in [-0.15, -0.1) is 0 Å². The molecule has 0 atom stereocenters. The molecule has 0 unspecified atom stereocenters. The molecule has 2 fully saturated rings. The molecule has 148 valence electrons. The number of aliphatic hydroxyl groups excluding tert-OH is 1. The Morgan fingerprint density at radius 2 is 1.96 bits per heavy atom. The molecule has 0 radical (unpaired) electrons. The van der Waals surface area contributed by atoms with Gasteiger partial charge in [-0.25, -0.2) is 0 Å². The van der Waals surface area contributed by atoms with E-state index in [0.29, 0.717) is 25.9 Å². The van der Waals surface area contributed by atoms with Crippen LogP contribution in [0.2, 0.25) is 0 Å². The molecule has 1 amide bonds. The number of fused-ring (bicyclic) bond motifs is 2. The number of amides is 1. The second-order valence-electron chi connectivity index (χ2n) is 8.51. The molecule has 5 heteroatoms. The first-order valence-electron chi connectivity index (χ1n) is 10.5. The summed E-state index contributed by atoms with van der Waals surface area (Å²) in [5.41, 5.74) is 3.68. The van der Waals surface area contributed by atoms with E-state index in [0.717, 1.165) is 25.3 Å².